The molecule has 1 aliphatic rings. The van der Waals surface area contributed by atoms with Crippen molar-refractivity contribution in [1.82, 2.24) is 15.5 Å². The summed E-state index contributed by atoms with van der Waals surface area (Å²) >= 11 is 3.34. The third kappa shape index (κ3) is 6.87. The van der Waals surface area contributed by atoms with Crippen molar-refractivity contribution < 1.29 is 9.59 Å². The Bertz CT molecular complexity index is 790. The molecule has 0 saturated carbocycles. The van der Waals surface area contributed by atoms with Gasteiger partial charge in [-0.15, -0.1) is 0 Å². The van der Waals surface area contributed by atoms with Crippen molar-refractivity contribution in [1.29, 1.82) is 0 Å². The van der Waals surface area contributed by atoms with Crippen LogP contribution in [-0.2, 0) is 4.79 Å². The van der Waals surface area contributed by atoms with Crippen molar-refractivity contribution in [2.24, 2.45) is 0 Å². The van der Waals surface area contributed by atoms with E-state index < -0.39 is 0 Å². The number of rotatable bonds is 8. The van der Waals surface area contributed by atoms with Crippen LogP contribution in [0.2, 0.25) is 0 Å². The van der Waals surface area contributed by atoms with Gasteiger partial charge in [0.05, 0.1) is 0 Å². The smallest absolute Gasteiger partial charge is 0.251 e. The second-order valence-electron chi connectivity index (χ2n) is 7.03. The predicted molar refractivity (Wildman–Crippen MR) is 119 cm³/mol. The van der Waals surface area contributed by atoms with Crippen LogP contribution in [0.4, 0.5) is 5.69 Å². The summed E-state index contributed by atoms with van der Waals surface area (Å²) in [5.74, 6) is -0.203. The van der Waals surface area contributed by atoms with Crippen molar-refractivity contribution >= 4 is 33.4 Å². The van der Waals surface area contributed by atoms with Gasteiger partial charge in [0.2, 0.25) is 5.91 Å². The van der Waals surface area contributed by atoms with E-state index in [1.807, 2.05) is 18.2 Å². The zero-order valence-corrected chi connectivity index (χ0v) is 18.0. The van der Waals surface area contributed by atoms with E-state index in [0.717, 1.165) is 37.2 Å². The fraction of sp³-hybridized carbons (Fsp3) is 0.364. The average Bonchev–Trinajstić information content (AvgIpc) is 2.75. The van der Waals surface area contributed by atoms with Crippen LogP contribution in [0.15, 0.2) is 59.1 Å². The first-order valence-electron chi connectivity index (χ1n) is 9.94. The number of hydrogen-bond donors (Lipinski definition) is 2. The number of nitrogens with zero attached hydrogens (tertiary/aromatic N) is 2. The second kappa shape index (κ2) is 11.0. The third-order valence-corrected chi connectivity index (χ3v) is 5.52. The highest BCUT2D eigenvalue weighted by molar-refractivity contribution is 9.10. The summed E-state index contributed by atoms with van der Waals surface area (Å²) in [6.07, 6.45) is 0.282. The van der Waals surface area contributed by atoms with E-state index in [2.05, 4.69) is 60.6 Å². The van der Waals surface area contributed by atoms with Crippen LogP contribution >= 0.6 is 15.9 Å². The highest BCUT2D eigenvalue weighted by Gasteiger charge is 2.16. The molecule has 0 atom stereocenters. The molecule has 0 aliphatic carbocycles. The van der Waals surface area contributed by atoms with E-state index in [0.29, 0.717) is 18.7 Å². The molecule has 1 fully saturated rings. The number of anilines is 1. The van der Waals surface area contributed by atoms with Gasteiger partial charge in [-0.1, -0.05) is 34.1 Å². The lowest BCUT2D eigenvalue weighted by molar-refractivity contribution is -0.121. The molecule has 29 heavy (non-hydrogen) atoms. The molecule has 1 heterocycles. The van der Waals surface area contributed by atoms with Gasteiger partial charge in [0, 0.05) is 68.0 Å². The molecule has 2 aromatic carbocycles. The molecule has 154 valence electrons. The van der Waals surface area contributed by atoms with Crippen LogP contribution in [0.3, 0.4) is 0 Å². The van der Waals surface area contributed by atoms with E-state index in [1.54, 1.807) is 12.1 Å². The topological polar surface area (TPSA) is 64.7 Å². The molecule has 3 rings (SSSR count). The van der Waals surface area contributed by atoms with E-state index in [4.69, 9.17) is 0 Å². The predicted octanol–water partition coefficient (Wildman–Crippen LogP) is 2.51. The quantitative estimate of drug-likeness (QED) is 0.637. The van der Waals surface area contributed by atoms with Gasteiger partial charge in [-0.25, -0.2) is 0 Å². The monoisotopic (exact) mass is 458 g/mol. The Labute approximate surface area is 180 Å². The molecule has 7 heteroatoms. The van der Waals surface area contributed by atoms with E-state index >= 15 is 0 Å². The standard InChI is InChI=1S/C22H27BrN4O2/c23-19-8-6-18(7-9-19)22(29)25-11-10-21(28)24-12-13-26-14-16-27(17-15-26)20-4-2-1-3-5-20/h1-9H,10-17H2,(H,24,28)(H,25,29). The lowest BCUT2D eigenvalue weighted by Crippen LogP contribution is -2.48. The molecule has 0 unspecified atom stereocenters. The average molecular weight is 459 g/mol. The summed E-state index contributed by atoms with van der Waals surface area (Å²) in [7, 11) is 0. The maximum Gasteiger partial charge on any atom is 0.251 e. The number of hydrogen-bond acceptors (Lipinski definition) is 4. The maximum atomic E-state index is 12.0. The molecule has 2 amide bonds. The zero-order chi connectivity index (χ0) is 20.5. The first-order valence-corrected chi connectivity index (χ1v) is 10.7. The number of para-hydroxylation sites is 1. The van der Waals surface area contributed by atoms with Crippen LogP contribution in [-0.4, -0.2) is 62.5 Å². The van der Waals surface area contributed by atoms with Crippen molar-refractivity contribution in [3.8, 4) is 0 Å². The molecule has 0 aromatic heterocycles. The Hall–Kier alpha value is -2.38. The van der Waals surface area contributed by atoms with Gasteiger partial charge < -0.3 is 15.5 Å². The van der Waals surface area contributed by atoms with Gasteiger partial charge in [-0.05, 0) is 36.4 Å². The van der Waals surface area contributed by atoms with Crippen LogP contribution in [0.5, 0.6) is 0 Å². The van der Waals surface area contributed by atoms with Gasteiger partial charge >= 0.3 is 0 Å². The Morgan fingerprint density at radius 3 is 2.24 bits per heavy atom. The fourth-order valence-corrected chi connectivity index (χ4v) is 3.57. The molecule has 0 bridgehead atoms. The van der Waals surface area contributed by atoms with Crippen molar-refractivity contribution in [3.63, 3.8) is 0 Å². The molecular weight excluding hydrogens is 432 g/mol. The molecule has 2 N–H and O–H groups in total. The number of halogens is 1. The maximum absolute atomic E-state index is 12.0. The van der Waals surface area contributed by atoms with Crippen molar-refractivity contribution in [3.05, 3.63) is 64.6 Å². The Balaban J connectivity index is 1.27. The first-order chi connectivity index (χ1) is 14.1. The van der Waals surface area contributed by atoms with E-state index in [9.17, 15) is 9.59 Å². The van der Waals surface area contributed by atoms with Crippen molar-refractivity contribution in [2.45, 2.75) is 6.42 Å². The number of carbonyl (C=O) groups is 2. The van der Waals surface area contributed by atoms with Gasteiger partial charge in [0.25, 0.3) is 5.91 Å². The number of benzene rings is 2. The highest BCUT2D eigenvalue weighted by atomic mass is 79.9. The molecule has 1 aliphatic heterocycles. The highest BCUT2D eigenvalue weighted by Crippen LogP contribution is 2.15. The van der Waals surface area contributed by atoms with Crippen LogP contribution in [0.25, 0.3) is 0 Å². The zero-order valence-electron chi connectivity index (χ0n) is 16.4. The number of amides is 2. The van der Waals surface area contributed by atoms with Gasteiger partial charge in [-0.3, -0.25) is 14.5 Å². The largest absolute Gasteiger partial charge is 0.369 e. The Kier molecular flexibility index (Phi) is 8.07. The summed E-state index contributed by atoms with van der Waals surface area (Å²) in [4.78, 5) is 28.8. The summed E-state index contributed by atoms with van der Waals surface area (Å²) in [5, 5.41) is 5.72. The lowest BCUT2D eigenvalue weighted by atomic mass is 10.2. The summed E-state index contributed by atoms with van der Waals surface area (Å²) in [6, 6.07) is 17.6. The van der Waals surface area contributed by atoms with Crippen molar-refractivity contribution in [2.75, 3.05) is 50.7 Å². The summed E-state index contributed by atoms with van der Waals surface area (Å²) in [6.45, 7) is 5.79. The van der Waals surface area contributed by atoms with Gasteiger partial charge in [-0.2, -0.15) is 0 Å². The fourth-order valence-electron chi connectivity index (χ4n) is 3.30. The Morgan fingerprint density at radius 2 is 1.55 bits per heavy atom. The minimum atomic E-state index is -0.165. The van der Waals surface area contributed by atoms with Gasteiger partial charge in [0.15, 0.2) is 0 Å². The van der Waals surface area contributed by atoms with Gasteiger partial charge in [0.1, 0.15) is 0 Å². The molecule has 6 nitrogen and oxygen atoms in total. The molecule has 0 radical (unpaired) electrons. The summed E-state index contributed by atoms with van der Waals surface area (Å²) in [5.41, 5.74) is 1.86. The molecular formula is C22H27BrN4O2. The normalized spacial score (nSPS) is 14.4. The minimum Gasteiger partial charge on any atom is -0.369 e. The van der Waals surface area contributed by atoms with E-state index in [1.165, 1.54) is 5.69 Å². The van der Waals surface area contributed by atoms with E-state index in [-0.39, 0.29) is 18.2 Å². The SMILES string of the molecule is O=C(CCNC(=O)c1ccc(Br)cc1)NCCN1CCN(c2ccccc2)CC1. The summed E-state index contributed by atoms with van der Waals surface area (Å²) < 4.78 is 0.926. The van der Waals surface area contributed by atoms with Crippen LogP contribution < -0.4 is 15.5 Å². The number of piperazine rings is 1. The lowest BCUT2D eigenvalue weighted by Gasteiger charge is -2.36. The van der Waals surface area contributed by atoms with Crippen LogP contribution in [0, 0.1) is 0 Å². The first kappa shape index (κ1) is 21.3. The third-order valence-electron chi connectivity index (χ3n) is 4.99. The molecule has 1 saturated heterocycles. The Morgan fingerprint density at radius 1 is 0.862 bits per heavy atom. The number of nitrogens with one attached hydrogen (secondary N) is 2. The second-order valence-corrected chi connectivity index (χ2v) is 7.94. The number of carbonyl (C=O) groups excluding carboxylic acids is 2. The molecule has 0 spiro atoms. The van der Waals surface area contributed by atoms with Crippen LogP contribution in [0.1, 0.15) is 16.8 Å². The minimum absolute atomic E-state index is 0.0379. The molecule has 2 aromatic rings.